The van der Waals surface area contributed by atoms with Crippen LogP contribution in [0.3, 0.4) is 0 Å². The number of hydrogen-bond acceptors (Lipinski definition) is 7. The van der Waals surface area contributed by atoms with Gasteiger partial charge in [0.1, 0.15) is 5.82 Å². The summed E-state index contributed by atoms with van der Waals surface area (Å²) in [6.45, 7) is 2.56. The Labute approximate surface area is 159 Å². The number of carbonyl (C=O) groups is 2. The molecule has 1 saturated heterocycles. The Morgan fingerprint density at radius 2 is 2.22 bits per heavy atom. The van der Waals surface area contributed by atoms with Gasteiger partial charge in [-0.15, -0.1) is 10.2 Å². The highest BCUT2D eigenvalue weighted by atomic mass is 32.2. The zero-order valence-corrected chi connectivity index (χ0v) is 15.7. The number of aryl methyl sites for hydroxylation is 2. The Kier molecular flexibility index (Phi) is 5.84. The van der Waals surface area contributed by atoms with E-state index in [-0.39, 0.29) is 11.7 Å². The van der Waals surface area contributed by atoms with Crippen molar-refractivity contribution in [1.82, 2.24) is 25.1 Å². The van der Waals surface area contributed by atoms with Crippen molar-refractivity contribution in [2.24, 2.45) is 0 Å². The van der Waals surface area contributed by atoms with E-state index < -0.39 is 5.97 Å². The molecule has 1 amide bonds. The van der Waals surface area contributed by atoms with E-state index in [0.717, 1.165) is 0 Å². The van der Waals surface area contributed by atoms with Crippen LogP contribution in [0, 0.1) is 12.7 Å². The lowest BCUT2D eigenvalue weighted by Crippen LogP contribution is -2.27. The van der Waals surface area contributed by atoms with E-state index in [9.17, 15) is 14.0 Å². The van der Waals surface area contributed by atoms with Crippen LogP contribution in [-0.4, -0.2) is 56.4 Å². The number of tetrazole rings is 1. The lowest BCUT2D eigenvalue weighted by Gasteiger charge is -2.16. The summed E-state index contributed by atoms with van der Waals surface area (Å²) >= 11 is 1.31. The third-order valence-corrected chi connectivity index (χ3v) is 4.99. The first-order valence-corrected chi connectivity index (χ1v) is 9.23. The fourth-order valence-corrected chi connectivity index (χ4v) is 3.49. The summed E-state index contributed by atoms with van der Waals surface area (Å²) in [6, 6.07) is 4.64. The Balaban J connectivity index is 1.60. The minimum atomic E-state index is -0.491. The predicted octanol–water partition coefficient (Wildman–Crippen LogP) is 1.77. The maximum Gasteiger partial charge on any atom is 0.333 e. The van der Waals surface area contributed by atoms with Crippen molar-refractivity contribution in [2.45, 2.75) is 19.9 Å². The van der Waals surface area contributed by atoms with Gasteiger partial charge in [0, 0.05) is 12.1 Å². The number of nitrogens with zero attached hydrogens (tertiary/aromatic N) is 5. The Morgan fingerprint density at radius 1 is 1.41 bits per heavy atom. The van der Waals surface area contributed by atoms with E-state index >= 15 is 0 Å². The smallest absolute Gasteiger partial charge is 0.333 e. The molecule has 0 spiro atoms. The van der Waals surface area contributed by atoms with Crippen molar-refractivity contribution in [1.29, 1.82) is 0 Å². The monoisotopic (exact) mass is 391 g/mol. The second-order valence-electron chi connectivity index (χ2n) is 5.87. The zero-order valence-electron chi connectivity index (χ0n) is 14.9. The molecule has 0 atom stereocenters. The van der Waals surface area contributed by atoms with E-state index in [1.54, 1.807) is 24.0 Å². The fraction of sp³-hybridized carbons (Fsp3) is 0.353. The number of rotatable bonds is 6. The molecule has 0 radical (unpaired) electrons. The molecule has 1 aliphatic heterocycles. The molecule has 8 nitrogen and oxygen atoms in total. The van der Waals surface area contributed by atoms with Gasteiger partial charge in [-0.3, -0.25) is 4.79 Å². The molecule has 0 N–H and O–H groups in total. The van der Waals surface area contributed by atoms with Crippen LogP contribution in [0.5, 0.6) is 0 Å². The highest BCUT2D eigenvalue weighted by molar-refractivity contribution is 8.04. The standard InChI is InChI=1S/C17H18FN5O3S/c1-11-8-12(4-5-13(11)18)17-19-21-23(20-17)7-3-6-22-14(24)10-27-15(22)9-16(25)26-2/h4-5,8-9H,3,6-7,10H2,1-2H3/b15-9+. The highest BCUT2D eigenvalue weighted by Crippen LogP contribution is 2.28. The zero-order chi connectivity index (χ0) is 19.4. The van der Waals surface area contributed by atoms with Crippen LogP contribution in [0.15, 0.2) is 29.3 Å². The number of benzene rings is 1. The third kappa shape index (κ3) is 4.51. The number of esters is 1. The van der Waals surface area contributed by atoms with Crippen LogP contribution in [0.1, 0.15) is 12.0 Å². The first kappa shape index (κ1) is 19.0. The molecule has 1 aromatic heterocycles. The van der Waals surface area contributed by atoms with Crippen molar-refractivity contribution < 1.29 is 18.7 Å². The number of ether oxygens (including phenoxy) is 1. The van der Waals surface area contributed by atoms with E-state index in [1.165, 1.54) is 35.8 Å². The van der Waals surface area contributed by atoms with Crippen molar-refractivity contribution in [3.8, 4) is 11.4 Å². The summed E-state index contributed by atoms with van der Waals surface area (Å²) in [5.74, 6) is -0.107. The van der Waals surface area contributed by atoms with E-state index in [0.29, 0.717) is 47.2 Å². The van der Waals surface area contributed by atoms with Crippen LogP contribution in [0.2, 0.25) is 0 Å². The second-order valence-corrected chi connectivity index (χ2v) is 6.86. The molecule has 1 fully saturated rings. The van der Waals surface area contributed by atoms with Gasteiger partial charge in [-0.05, 0) is 42.3 Å². The van der Waals surface area contributed by atoms with Crippen LogP contribution < -0.4 is 0 Å². The van der Waals surface area contributed by atoms with E-state index in [4.69, 9.17) is 0 Å². The summed E-state index contributed by atoms with van der Waals surface area (Å²) in [5, 5.41) is 12.9. The van der Waals surface area contributed by atoms with Gasteiger partial charge in [0.15, 0.2) is 0 Å². The first-order chi connectivity index (χ1) is 13.0. The SMILES string of the molecule is COC(=O)/C=C1/SCC(=O)N1CCCn1nnc(-c2ccc(F)c(C)c2)n1. The quantitative estimate of drug-likeness (QED) is 0.547. The summed E-state index contributed by atoms with van der Waals surface area (Å²) in [7, 11) is 1.29. The molecule has 3 rings (SSSR count). The van der Waals surface area contributed by atoms with Crippen molar-refractivity contribution in [3.05, 3.63) is 40.7 Å². The summed E-state index contributed by atoms with van der Waals surface area (Å²) in [5.41, 5.74) is 1.20. The van der Waals surface area contributed by atoms with Crippen LogP contribution in [0.4, 0.5) is 4.39 Å². The van der Waals surface area contributed by atoms with Crippen LogP contribution >= 0.6 is 11.8 Å². The van der Waals surface area contributed by atoms with Gasteiger partial charge in [0.25, 0.3) is 0 Å². The molecule has 27 heavy (non-hydrogen) atoms. The number of aromatic nitrogens is 4. The molecule has 10 heteroatoms. The van der Waals surface area contributed by atoms with Gasteiger partial charge in [-0.2, -0.15) is 4.80 Å². The van der Waals surface area contributed by atoms with Crippen molar-refractivity contribution in [3.63, 3.8) is 0 Å². The van der Waals surface area contributed by atoms with Gasteiger partial charge < -0.3 is 9.64 Å². The average molecular weight is 391 g/mol. The molecule has 1 aromatic carbocycles. The molecule has 142 valence electrons. The molecule has 0 unspecified atom stereocenters. The number of methoxy groups -OCH3 is 1. The lowest BCUT2D eigenvalue weighted by molar-refractivity contribution is -0.134. The summed E-state index contributed by atoms with van der Waals surface area (Å²) < 4.78 is 18.0. The lowest BCUT2D eigenvalue weighted by atomic mass is 10.1. The average Bonchev–Trinajstić information content (AvgIpc) is 3.25. The molecule has 0 saturated carbocycles. The maximum atomic E-state index is 13.4. The largest absolute Gasteiger partial charge is 0.466 e. The molecule has 2 aromatic rings. The van der Waals surface area contributed by atoms with Gasteiger partial charge in [-0.25, -0.2) is 9.18 Å². The highest BCUT2D eigenvalue weighted by Gasteiger charge is 2.27. The number of thioether (sulfide) groups is 1. The van der Waals surface area contributed by atoms with Crippen molar-refractivity contribution in [2.75, 3.05) is 19.4 Å². The Morgan fingerprint density at radius 3 is 2.96 bits per heavy atom. The van der Waals surface area contributed by atoms with Gasteiger partial charge in [0.2, 0.25) is 11.7 Å². The summed E-state index contributed by atoms with van der Waals surface area (Å²) in [4.78, 5) is 26.4. The topological polar surface area (TPSA) is 90.2 Å². The number of hydrogen-bond donors (Lipinski definition) is 0. The Bertz CT molecular complexity index is 898. The maximum absolute atomic E-state index is 13.4. The molecule has 0 aliphatic carbocycles. The molecule has 0 bridgehead atoms. The second kappa shape index (κ2) is 8.30. The van der Waals surface area contributed by atoms with E-state index in [2.05, 4.69) is 20.1 Å². The van der Waals surface area contributed by atoms with E-state index in [1.807, 2.05) is 0 Å². The van der Waals surface area contributed by atoms with Gasteiger partial charge >= 0.3 is 5.97 Å². The summed E-state index contributed by atoms with van der Waals surface area (Å²) in [6.07, 6.45) is 1.90. The van der Waals surface area contributed by atoms with Gasteiger partial charge in [-0.1, -0.05) is 11.8 Å². The van der Waals surface area contributed by atoms with Crippen molar-refractivity contribution >= 4 is 23.6 Å². The number of amides is 1. The molecular formula is C17H18FN5O3S. The normalized spacial score (nSPS) is 15.6. The molecule has 1 aliphatic rings. The number of carbonyl (C=O) groups excluding carboxylic acids is 2. The molecule has 2 heterocycles. The predicted molar refractivity (Wildman–Crippen MR) is 96.8 cm³/mol. The number of halogens is 1. The molecular weight excluding hydrogens is 373 g/mol. The minimum Gasteiger partial charge on any atom is -0.466 e. The Hall–Kier alpha value is -2.75. The first-order valence-electron chi connectivity index (χ1n) is 8.25. The third-order valence-electron chi connectivity index (χ3n) is 3.96. The van der Waals surface area contributed by atoms with Crippen LogP contribution in [-0.2, 0) is 20.9 Å². The fourth-order valence-electron chi connectivity index (χ4n) is 2.54. The van der Waals surface area contributed by atoms with Crippen LogP contribution in [0.25, 0.3) is 11.4 Å². The van der Waals surface area contributed by atoms with Gasteiger partial charge in [0.05, 0.1) is 30.5 Å². The minimum absolute atomic E-state index is 0.0517.